The van der Waals surface area contributed by atoms with Crippen LogP contribution in [-0.4, -0.2) is 32.2 Å². The first-order valence-electron chi connectivity index (χ1n) is 8.59. The smallest absolute Gasteiger partial charge is 0.454 e. The van der Waals surface area contributed by atoms with Crippen molar-refractivity contribution in [3.63, 3.8) is 0 Å². The Morgan fingerprint density at radius 3 is 2.54 bits per heavy atom. The molecule has 1 heterocycles. The molecule has 150 valence electrons. The number of benzene rings is 2. The molecule has 0 radical (unpaired) electrons. The number of hydrogen-bond acceptors (Lipinski definition) is 4. The van der Waals surface area contributed by atoms with E-state index in [1.54, 1.807) is 6.92 Å². The van der Waals surface area contributed by atoms with Crippen LogP contribution in [0.5, 0.6) is 17.2 Å². The molecule has 0 saturated heterocycles. The first-order valence-corrected chi connectivity index (χ1v) is 8.59. The Labute approximate surface area is 159 Å². The first-order chi connectivity index (χ1) is 13.2. The number of fused-ring (bicyclic) bond motifs is 1. The molecular formula is C19H20F3N2O4+. The molecule has 2 aromatic rings. The van der Waals surface area contributed by atoms with Crippen molar-refractivity contribution in [3.05, 3.63) is 48.0 Å². The van der Waals surface area contributed by atoms with E-state index in [9.17, 15) is 18.0 Å². The van der Waals surface area contributed by atoms with Gasteiger partial charge in [0, 0.05) is 11.3 Å². The van der Waals surface area contributed by atoms with Crippen molar-refractivity contribution in [2.45, 2.75) is 25.9 Å². The number of anilines is 1. The highest BCUT2D eigenvalue weighted by atomic mass is 19.4. The average Bonchev–Trinajstić information content (AvgIpc) is 3.09. The minimum absolute atomic E-state index is 0.201. The van der Waals surface area contributed by atoms with Crippen molar-refractivity contribution < 1.29 is 37.1 Å². The molecule has 6 nitrogen and oxygen atoms in total. The van der Waals surface area contributed by atoms with Crippen LogP contribution in [0.1, 0.15) is 12.5 Å². The number of hydrogen-bond donors (Lipinski definition) is 2. The van der Waals surface area contributed by atoms with Crippen molar-refractivity contribution in [3.8, 4) is 17.2 Å². The molecule has 3 rings (SSSR count). The number of halogens is 3. The van der Waals surface area contributed by atoms with E-state index >= 15 is 0 Å². The minimum atomic E-state index is -4.75. The van der Waals surface area contributed by atoms with Gasteiger partial charge in [0.25, 0.3) is 5.91 Å². The molecule has 1 unspecified atom stereocenters. The zero-order valence-corrected chi connectivity index (χ0v) is 15.3. The van der Waals surface area contributed by atoms with Gasteiger partial charge in [-0.05, 0) is 49.4 Å². The van der Waals surface area contributed by atoms with Gasteiger partial charge in [-0.25, -0.2) is 0 Å². The summed E-state index contributed by atoms with van der Waals surface area (Å²) in [6.45, 7) is 2.56. The molecule has 1 aliphatic rings. The van der Waals surface area contributed by atoms with E-state index in [1.807, 2.05) is 25.2 Å². The first kappa shape index (κ1) is 19.8. The number of carbonyl (C=O) groups excluding carboxylic acids is 1. The highest BCUT2D eigenvalue weighted by Crippen LogP contribution is 2.32. The molecule has 2 N–H and O–H groups in total. The maximum absolute atomic E-state index is 12.5. The summed E-state index contributed by atoms with van der Waals surface area (Å²) in [6.07, 6.45) is -4.75. The molecule has 1 amide bonds. The zero-order valence-electron chi connectivity index (χ0n) is 15.3. The molecule has 28 heavy (non-hydrogen) atoms. The fourth-order valence-electron chi connectivity index (χ4n) is 2.74. The molecule has 2 atom stereocenters. The number of quaternary nitrogens is 1. The van der Waals surface area contributed by atoms with Gasteiger partial charge < -0.3 is 24.4 Å². The summed E-state index contributed by atoms with van der Waals surface area (Å²) in [5, 5.41) is 2.70. The SMILES string of the molecule is C[C@H](C(=O)Nc1ccc(OC(F)(F)F)cc1)[NH+](C)Cc1ccc2c(c1)OCO2. The number of nitrogens with one attached hydrogen (secondary N) is 2. The van der Waals surface area contributed by atoms with E-state index in [0.717, 1.165) is 22.6 Å². The minimum Gasteiger partial charge on any atom is -0.454 e. The van der Waals surface area contributed by atoms with E-state index in [-0.39, 0.29) is 18.4 Å². The van der Waals surface area contributed by atoms with Gasteiger partial charge in [0.2, 0.25) is 6.79 Å². The number of rotatable bonds is 6. The Hall–Kier alpha value is -2.94. The average molecular weight is 397 g/mol. The lowest BCUT2D eigenvalue weighted by atomic mass is 10.1. The van der Waals surface area contributed by atoms with Gasteiger partial charge in [-0.2, -0.15) is 0 Å². The van der Waals surface area contributed by atoms with Crippen LogP contribution < -0.4 is 24.4 Å². The van der Waals surface area contributed by atoms with Gasteiger partial charge in [-0.1, -0.05) is 0 Å². The summed E-state index contributed by atoms with van der Waals surface area (Å²) in [7, 11) is 1.88. The number of carbonyl (C=O) groups is 1. The second kappa shape index (κ2) is 7.97. The highest BCUT2D eigenvalue weighted by Gasteiger charge is 2.31. The number of likely N-dealkylation sites (N-methyl/N-ethyl adjacent to an activating group) is 1. The van der Waals surface area contributed by atoms with Gasteiger partial charge in [0.15, 0.2) is 17.5 Å². The van der Waals surface area contributed by atoms with Crippen LogP contribution in [0, 0.1) is 0 Å². The molecule has 0 aromatic heterocycles. The van der Waals surface area contributed by atoms with Crippen molar-refractivity contribution in [1.82, 2.24) is 0 Å². The predicted octanol–water partition coefficient (Wildman–Crippen LogP) is 2.36. The van der Waals surface area contributed by atoms with Gasteiger partial charge in [0.1, 0.15) is 12.3 Å². The van der Waals surface area contributed by atoms with E-state index in [0.29, 0.717) is 23.7 Å². The molecular weight excluding hydrogens is 377 g/mol. The van der Waals surface area contributed by atoms with E-state index in [1.165, 1.54) is 12.1 Å². The maximum atomic E-state index is 12.5. The Morgan fingerprint density at radius 2 is 1.86 bits per heavy atom. The lowest BCUT2D eigenvalue weighted by molar-refractivity contribution is -0.907. The van der Waals surface area contributed by atoms with Crippen molar-refractivity contribution >= 4 is 11.6 Å². The van der Waals surface area contributed by atoms with Crippen LogP contribution in [0.2, 0.25) is 0 Å². The van der Waals surface area contributed by atoms with Gasteiger partial charge >= 0.3 is 6.36 Å². The summed E-state index contributed by atoms with van der Waals surface area (Å²) in [5.74, 6) is 0.792. The fourth-order valence-corrected chi connectivity index (χ4v) is 2.74. The van der Waals surface area contributed by atoms with Crippen LogP contribution in [0.3, 0.4) is 0 Å². The second-order valence-electron chi connectivity index (χ2n) is 6.49. The van der Waals surface area contributed by atoms with E-state index < -0.39 is 12.4 Å². The Kier molecular flexibility index (Phi) is 5.64. The van der Waals surface area contributed by atoms with Crippen LogP contribution >= 0.6 is 0 Å². The summed E-state index contributed by atoms with van der Waals surface area (Å²) >= 11 is 0. The van der Waals surface area contributed by atoms with E-state index in [4.69, 9.17) is 9.47 Å². The topological polar surface area (TPSA) is 61.2 Å². The quantitative estimate of drug-likeness (QED) is 0.786. The van der Waals surface area contributed by atoms with Gasteiger partial charge in [-0.15, -0.1) is 13.2 Å². The van der Waals surface area contributed by atoms with Crippen LogP contribution in [0.25, 0.3) is 0 Å². The summed E-state index contributed by atoms with van der Waals surface area (Å²) < 4.78 is 51.0. The van der Waals surface area contributed by atoms with Crippen LogP contribution in [-0.2, 0) is 11.3 Å². The Morgan fingerprint density at radius 1 is 1.18 bits per heavy atom. The molecule has 0 aliphatic carbocycles. The third-order valence-electron chi connectivity index (χ3n) is 4.41. The highest BCUT2D eigenvalue weighted by molar-refractivity contribution is 5.93. The molecule has 0 spiro atoms. The number of ether oxygens (including phenoxy) is 3. The van der Waals surface area contributed by atoms with Crippen LogP contribution in [0.4, 0.5) is 18.9 Å². The van der Waals surface area contributed by atoms with Gasteiger partial charge in [0.05, 0.1) is 7.05 Å². The second-order valence-corrected chi connectivity index (χ2v) is 6.49. The van der Waals surface area contributed by atoms with Crippen LogP contribution in [0.15, 0.2) is 42.5 Å². The third-order valence-corrected chi connectivity index (χ3v) is 4.41. The normalized spacial score (nSPS) is 15.0. The summed E-state index contributed by atoms with van der Waals surface area (Å²) in [6, 6.07) is 10.3. The number of alkyl halides is 3. The van der Waals surface area contributed by atoms with Crippen molar-refractivity contribution in [1.29, 1.82) is 0 Å². The lowest BCUT2D eigenvalue weighted by Gasteiger charge is -2.21. The van der Waals surface area contributed by atoms with Crippen molar-refractivity contribution in [2.75, 3.05) is 19.2 Å². The molecule has 0 bridgehead atoms. The summed E-state index contributed by atoms with van der Waals surface area (Å²) in [4.78, 5) is 13.4. The number of amides is 1. The lowest BCUT2D eigenvalue weighted by Crippen LogP contribution is -3.12. The van der Waals surface area contributed by atoms with Crippen molar-refractivity contribution in [2.24, 2.45) is 0 Å². The largest absolute Gasteiger partial charge is 0.573 e. The molecule has 9 heteroatoms. The summed E-state index contributed by atoms with van der Waals surface area (Å²) in [5.41, 5.74) is 1.39. The molecule has 0 fully saturated rings. The Bertz CT molecular complexity index is 840. The molecule has 2 aromatic carbocycles. The third kappa shape index (κ3) is 5.07. The fraction of sp³-hybridized carbons (Fsp3) is 0.316. The van der Waals surface area contributed by atoms with E-state index in [2.05, 4.69) is 10.1 Å². The Balaban J connectivity index is 1.56. The monoisotopic (exact) mass is 397 g/mol. The van der Waals surface area contributed by atoms with Gasteiger partial charge in [-0.3, -0.25) is 4.79 Å². The maximum Gasteiger partial charge on any atom is 0.573 e. The molecule has 0 saturated carbocycles. The predicted molar refractivity (Wildman–Crippen MR) is 94.4 cm³/mol. The zero-order chi connectivity index (χ0) is 20.3. The molecule has 1 aliphatic heterocycles. The standard InChI is InChI=1S/C19H19F3N2O4/c1-12(24(2)10-13-3-8-16-17(9-13)27-11-26-16)18(25)23-14-4-6-15(7-5-14)28-19(20,21)22/h3-9,12H,10-11H2,1-2H3,(H,23,25)/p+1/t12-/m1/s1.